The first-order chi connectivity index (χ1) is 3.66. The number of hydrogen-bond donors (Lipinski definition) is 1. The van der Waals surface area contributed by atoms with Crippen LogP contribution in [0.3, 0.4) is 0 Å². The highest BCUT2D eigenvalue weighted by atomic mass is 35.5. The second kappa shape index (κ2) is 3.93. The minimum absolute atomic E-state index is 0.133. The smallest absolute Gasteiger partial charge is 0.0431 e. The molecule has 0 spiro atoms. The maximum atomic E-state index is 5.47. The van der Waals surface area contributed by atoms with Gasteiger partial charge >= 0.3 is 0 Å². The van der Waals surface area contributed by atoms with E-state index in [1.165, 1.54) is 0 Å². The summed E-state index contributed by atoms with van der Waals surface area (Å²) < 4.78 is 0. The lowest BCUT2D eigenvalue weighted by molar-refractivity contribution is 0.914. The molecule has 0 radical (unpaired) electrons. The van der Waals surface area contributed by atoms with Gasteiger partial charge in [-0.2, -0.15) is 0 Å². The summed E-state index contributed by atoms with van der Waals surface area (Å²) in [4.78, 5) is 0. The zero-order valence-corrected chi connectivity index (χ0v) is 6.07. The number of alkyl halides is 1. The third-order valence-corrected chi connectivity index (χ3v) is 1.18. The maximum absolute atomic E-state index is 5.47. The topological polar surface area (TPSA) is 26.0 Å². The summed E-state index contributed by atoms with van der Waals surface area (Å²) in [5.74, 6) is 0.585. The first kappa shape index (κ1) is 7.99. The molecule has 0 saturated carbocycles. The molecule has 2 N–H and O–H groups in total. The van der Waals surface area contributed by atoms with Gasteiger partial charge in [0.05, 0.1) is 0 Å². The van der Waals surface area contributed by atoms with E-state index in [2.05, 4.69) is 0 Å². The lowest BCUT2D eigenvalue weighted by Gasteiger charge is -1.96. The summed E-state index contributed by atoms with van der Waals surface area (Å²) in [5.41, 5.74) is 6.57. The predicted molar refractivity (Wildman–Crippen MR) is 38.1 cm³/mol. The number of nitrogens with two attached hydrogens (primary N) is 1. The minimum atomic E-state index is 0.133. The second-order valence-electron chi connectivity index (χ2n) is 2.01. The SMILES string of the molecule is C/C(=C\C(C)N)CCl. The van der Waals surface area contributed by atoms with E-state index >= 15 is 0 Å². The molecule has 0 rings (SSSR count). The number of rotatable bonds is 2. The fraction of sp³-hybridized carbons (Fsp3) is 0.667. The van der Waals surface area contributed by atoms with E-state index in [9.17, 15) is 0 Å². The lowest BCUT2D eigenvalue weighted by atomic mass is 10.2. The standard InChI is InChI=1S/C6H12ClN/c1-5(4-7)3-6(2)8/h3,6H,4,8H2,1-2H3/b5-3+. The Morgan fingerprint density at radius 3 is 2.50 bits per heavy atom. The fourth-order valence-corrected chi connectivity index (χ4v) is 0.582. The van der Waals surface area contributed by atoms with Crippen LogP contribution in [0.4, 0.5) is 0 Å². The van der Waals surface area contributed by atoms with Crippen LogP contribution in [0.25, 0.3) is 0 Å². The fourth-order valence-electron chi connectivity index (χ4n) is 0.493. The van der Waals surface area contributed by atoms with Gasteiger partial charge in [-0.25, -0.2) is 0 Å². The Kier molecular flexibility index (Phi) is 3.92. The Labute approximate surface area is 55.5 Å². The first-order valence-electron chi connectivity index (χ1n) is 2.65. The van der Waals surface area contributed by atoms with Gasteiger partial charge in [-0.15, -0.1) is 11.6 Å². The van der Waals surface area contributed by atoms with Crippen molar-refractivity contribution in [1.82, 2.24) is 0 Å². The molecule has 0 saturated heterocycles. The molecule has 2 heteroatoms. The van der Waals surface area contributed by atoms with Crippen LogP contribution in [-0.2, 0) is 0 Å². The van der Waals surface area contributed by atoms with E-state index in [-0.39, 0.29) is 6.04 Å². The van der Waals surface area contributed by atoms with Crippen LogP contribution in [0, 0.1) is 0 Å². The van der Waals surface area contributed by atoms with Crippen molar-refractivity contribution in [3.8, 4) is 0 Å². The largest absolute Gasteiger partial charge is 0.325 e. The molecular weight excluding hydrogens is 122 g/mol. The highest BCUT2D eigenvalue weighted by Crippen LogP contribution is 1.95. The molecule has 0 heterocycles. The molecule has 0 aliphatic carbocycles. The molecule has 1 nitrogen and oxygen atoms in total. The summed E-state index contributed by atoms with van der Waals surface area (Å²) in [5, 5.41) is 0. The summed E-state index contributed by atoms with van der Waals surface area (Å²) >= 11 is 5.47. The van der Waals surface area contributed by atoms with Crippen molar-refractivity contribution in [3.63, 3.8) is 0 Å². The molecular formula is C6H12ClN. The van der Waals surface area contributed by atoms with Gasteiger partial charge in [0.25, 0.3) is 0 Å². The molecule has 8 heavy (non-hydrogen) atoms. The molecule has 0 bridgehead atoms. The summed E-state index contributed by atoms with van der Waals surface area (Å²) in [7, 11) is 0. The molecule has 0 fully saturated rings. The zero-order chi connectivity index (χ0) is 6.57. The van der Waals surface area contributed by atoms with Crippen molar-refractivity contribution < 1.29 is 0 Å². The van der Waals surface area contributed by atoms with Gasteiger partial charge in [0.15, 0.2) is 0 Å². The van der Waals surface area contributed by atoms with Crippen molar-refractivity contribution in [2.45, 2.75) is 19.9 Å². The van der Waals surface area contributed by atoms with Crippen molar-refractivity contribution >= 4 is 11.6 Å². The number of allylic oxidation sites excluding steroid dienone is 1. The first-order valence-corrected chi connectivity index (χ1v) is 3.19. The summed E-state index contributed by atoms with van der Waals surface area (Å²) in [6.07, 6.45) is 1.95. The van der Waals surface area contributed by atoms with Crippen LogP contribution < -0.4 is 5.73 Å². The molecule has 0 aliphatic heterocycles. The van der Waals surface area contributed by atoms with Crippen molar-refractivity contribution in [3.05, 3.63) is 11.6 Å². The van der Waals surface area contributed by atoms with Crippen LogP contribution in [0.1, 0.15) is 13.8 Å². The van der Waals surface area contributed by atoms with E-state index in [1.54, 1.807) is 0 Å². The predicted octanol–water partition coefficient (Wildman–Crippen LogP) is 1.52. The summed E-state index contributed by atoms with van der Waals surface area (Å²) in [6, 6.07) is 0.133. The zero-order valence-electron chi connectivity index (χ0n) is 5.32. The average Bonchev–Trinajstić information content (AvgIpc) is 1.65. The normalized spacial score (nSPS) is 16.2. The van der Waals surface area contributed by atoms with Crippen LogP contribution in [0.2, 0.25) is 0 Å². The van der Waals surface area contributed by atoms with Crippen molar-refractivity contribution in [2.24, 2.45) is 5.73 Å². The van der Waals surface area contributed by atoms with Crippen LogP contribution in [0.15, 0.2) is 11.6 Å². The Balaban J connectivity index is 3.56. The second-order valence-corrected chi connectivity index (χ2v) is 2.27. The van der Waals surface area contributed by atoms with Crippen LogP contribution in [0.5, 0.6) is 0 Å². The molecule has 0 aromatic carbocycles. The molecule has 0 aromatic rings. The van der Waals surface area contributed by atoms with Gasteiger partial charge in [0.2, 0.25) is 0 Å². The Morgan fingerprint density at radius 1 is 1.88 bits per heavy atom. The molecule has 0 aliphatic rings. The van der Waals surface area contributed by atoms with Gasteiger partial charge in [-0.3, -0.25) is 0 Å². The highest BCUT2D eigenvalue weighted by Gasteiger charge is 1.87. The number of hydrogen-bond acceptors (Lipinski definition) is 1. The molecule has 48 valence electrons. The Morgan fingerprint density at radius 2 is 2.38 bits per heavy atom. The quantitative estimate of drug-likeness (QED) is 0.449. The maximum Gasteiger partial charge on any atom is 0.0431 e. The van der Waals surface area contributed by atoms with Crippen molar-refractivity contribution in [2.75, 3.05) is 5.88 Å². The van der Waals surface area contributed by atoms with E-state index < -0.39 is 0 Å². The Hall–Kier alpha value is -0.0100. The lowest BCUT2D eigenvalue weighted by Crippen LogP contribution is -2.11. The van der Waals surface area contributed by atoms with E-state index in [1.807, 2.05) is 19.9 Å². The third kappa shape index (κ3) is 4.16. The van der Waals surface area contributed by atoms with Gasteiger partial charge in [-0.1, -0.05) is 11.6 Å². The molecule has 0 amide bonds. The van der Waals surface area contributed by atoms with E-state index in [4.69, 9.17) is 17.3 Å². The molecule has 1 atom stereocenters. The summed E-state index contributed by atoms with van der Waals surface area (Å²) in [6.45, 7) is 3.90. The van der Waals surface area contributed by atoms with E-state index in [0.717, 1.165) is 5.57 Å². The molecule has 0 aromatic heterocycles. The number of halogens is 1. The van der Waals surface area contributed by atoms with Gasteiger partial charge < -0.3 is 5.73 Å². The molecule has 1 unspecified atom stereocenters. The van der Waals surface area contributed by atoms with Crippen molar-refractivity contribution in [1.29, 1.82) is 0 Å². The van der Waals surface area contributed by atoms with Gasteiger partial charge in [0.1, 0.15) is 0 Å². The highest BCUT2D eigenvalue weighted by molar-refractivity contribution is 6.19. The van der Waals surface area contributed by atoms with Gasteiger partial charge in [0, 0.05) is 11.9 Å². The van der Waals surface area contributed by atoms with Crippen LogP contribution in [-0.4, -0.2) is 11.9 Å². The van der Waals surface area contributed by atoms with Gasteiger partial charge in [-0.05, 0) is 13.8 Å². The minimum Gasteiger partial charge on any atom is -0.325 e. The third-order valence-electron chi connectivity index (χ3n) is 0.758. The Bertz CT molecular complexity index is 86.5. The van der Waals surface area contributed by atoms with E-state index in [0.29, 0.717) is 5.88 Å². The monoisotopic (exact) mass is 133 g/mol. The average molecular weight is 134 g/mol. The van der Waals surface area contributed by atoms with Crippen LogP contribution >= 0.6 is 11.6 Å².